The first-order valence-electron chi connectivity index (χ1n) is 5.77. The van der Waals surface area contributed by atoms with Gasteiger partial charge in [0.1, 0.15) is 18.4 Å². The molecule has 0 aromatic heterocycles. The van der Waals surface area contributed by atoms with Crippen LogP contribution < -0.4 is 10.5 Å². The number of anilines is 1. The minimum absolute atomic E-state index is 0.425. The Bertz CT molecular complexity index is 402. The summed E-state index contributed by atoms with van der Waals surface area (Å²) in [6.07, 6.45) is 0.872. The Morgan fingerprint density at radius 1 is 1.22 bits per heavy atom. The summed E-state index contributed by atoms with van der Waals surface area (Å²) in [6, 6.07) is 7.03. The van der Waals surface area contributed by atoms with Gasteiger partial charge in [-0.1, -0.05) is 0 Å². The molecule has 18 heavy (non-hydrogen) atoms. The van der Waals surface area contributed by atoms with E-state index in [1.165, 1.54) is 0 Å². The van der Waals surface area contributed by atoms with Crippen molar-refractivity contribution in [3.8, 4) is 11.8 Å². The van der Waals surface area contributed by atoms with Crippen molar-refractivity contribution in [1.82, 2.24) is 0 Å². The summed E-state index contributed by atoms with van der Waals surface area (Å²) < 4.78 is 15.7. The number of hydrogen-bond donors (Lipinski definition) is 1. The lowest BCUT2D eigenvalue weighted by Gasteiger charge is -2.08. The molecule has 0 spiro atoms. The van der Waals surface area contributed by atoms with Gasteiger partial charge in [0.2, 0.25) is 0 Å². The highest BCUT2D eigenvalue weighted by molar-refractivity contribution is 5.56. The summed E-state index contributed by atoms with van der Waals surface area (Å²) in [6.45, 7) is 2.31. The molecule has 0 fully saturated rings. The molecule has 1 aromatic carbocycles. The van der Waals surface area contributed by atoms with Crippen molar-refractivity contribution >= 4 is 5.69 Å². The number of nitriles is 1. The molecule has 1 aromatic rings. The Hall–Kier alpha value is -1.77. The third-order valence-electron chi connectivity index (χ3n) is 2.28. The van der Waals surface area contributed by atoms with Gasteiger partial charge in [-0.15, -0.1) is 0 Å². The van der Waals surface area contributed by atoms with Crippen LogP contribution >= 0.6 is 0 Å². The third-order valence-corrected chi connectivity index (χ3v) is 2.28. The Morgan fingerprint density at radius 2 is 2.06 bits per heavy atom. The molecular weight excluding hydrogens is 232 g/mol. The molecule has 5 nitrogen and oxygen atoms in total. The highest BCUT2D eigenvalue weighted by atomic mass is 16.5. The first kappa shape index (κ1) is 14.3. The van der Waals surface area contributed by atoms with Crippen LogP contribution in [-0.2, 0) is 9.47 Å². The fourth-order valence-electron chi connectivity index (χ4n) is 1.35. The van der Waals surface area contributed by atoms with E-state index in [0.717, 1.165) is 6.42 Å². The molecule has 98 valence electrons. The van der Waals surface area contributed by atoms with Crippen molar-refractivity contribution in [1.29, 1.82) is 5.26 Å². The summed E-state index contributed by atoms with van der Waals surface area (Å²) in [5, 5.41) is 8.81. The minimum atomic E-state index is 0.425. The monoisotopic (exact) mass is 250 g/mol. The molecule has 0 heterocycles. The topological polar surface area (TPSA) is 77.5 Å². The van der Waals surface area contributed by atoms with E-state index in [9.17, 15) is 0 Å². The van der Waals surface area contributed by atoms with Crippen molar-refractivity contribution in [3.05, 3.63) is 23.8 Å². The molecule has 0 saturated heterocycles. The van der Waals surface area contributed by atoms with E-state index in [1.54, 1.807) is 25.3 Å². The molecule has 0 bridgehead atoms. The first-order chi connectivity index (χ1) is 8.77. The van der Waals surface area contributed by atoms with Gasteiger partial charge in [-0.3, -0.25) is 0 Å². The fourth-order valence-corrected chi connectivity index (χ4v) is 1.35. The smallest absolute Gasteiger partial charge is 0.120 e. The van der Waals surface area contributed by atoms with Crippen LogP contribution in [0.25, 0.3) is 0 Å². The van der Waals surface area contributed by atoms with Gasteiger partial charge in [0.05, 0.1) is 12.2 Å². The van der Waals surface area contributed by atoms with Crippen molar-refractivity contribution in [2.45, 2.75) is 6.42 Å². The van der Waals surface area contributed by atoms with Gasteiger partial charge in [-0.2, -0.15) is 5.26 Å². The Morgan fingerprint density at radius 3 is 2.78 bits per heavy atom. The number of hydrogen-bond acceptors (Lipinski definition) is 5. The first-order valence-corrected chi connectivity index (χ1v) is 5.77. The number of methoxy groups -OCH3 is 1. The summed E-state index contributed by atoms with van der Waals surface area (Å²) in [5.74, 6) is 0.626. The largest absolute Gasteiger partial charge is 0.491 e. The lowest BCUT2D eigenvalue weighted by Crippen LogP contribution is -2.08. The van der Waals surface area contributed by atoms with Crippen LogP contribution in [0.5, 0.6) is 5.75 Å². The number of ether oxygens (including phenoxy) is 3. The highest BCUT2D eigenvalue weighted by Gasteiger charge is 2.00. The average Bonchev–Trinajstić information content (AvgIpc) is 2.39. The SMILES string of the molecule is COCCCOCCOc1ccc(N)c(C#N)c1. The fraction of sp³-hybridized carbons (Fsp3) is 0.462. The van der Waals surface area contributed by atoms with Crippen LogP contribution in [-0.4, -0.2) is 33.5 Å². The van der Waals surface area contributed by atoms with Crippen LogP contribution in [0.2, 0.25) is 0 Å². The molecule has 0 aliphatic carbocycles. The number of benzene rings is 1. The van der Waals surface area contributed by atoms with E-state index in [1.807, 2.05) is 6.07 Å². The molecular formula is C13H18N2O3. The second kappa shape index (κ2) is 8.34. The predicted octanol–water partition coefficient (Wildman–Crippen LogP) is 1.57. The molecule has 0 saturated carbocycles. The zero-order valence-electron chi connectivity index (χ0n) is 10.5. The molecule has 0 aliphatic heterocycles. The van der Waals surface area contributed by atoms with E-state index in [0.29, 0.717) is 43.4 Å². The van der Waals surface area contributed by atoms with E-state index in [2.05, 4.69) is 0 Å². The van der Waals surface area contributed by atoms with Crippen molar-refractivity contribution < 1.29 is 14.2 Å². The number of nitrogens with two attached hydrogens (primary N) is 1. The van der Waals surface area contributed by atoms with Gasteiger partial charge >= 0.3 is 0 Å². The molecule has 0 aliphatic rings. The summed E-state index contributed by atoms with van der Waals surface area (Å²) in [4.78, 5) is 0. The second-order valence-corrected chi connectivity index (χ2v) is 3.67. The molecule has 0 amide bonds. The van der Waals surface area contributed by atoms with E-state index in [-0.39, 0.29) is 0 Å². The maximum Gasteiger partial charge on any atom is 0.120 e. The molecule has 0 radical (unpaired) electrons. The average molecular weight is 250 g/mol. The van der Waals surface area contributed by atoms with Gasteiger partial charge in [0, 0.05) is 26.0 Å². The van der Waals surface area contributed by atoms with Gasteiger partial charge in [-0.25, -0.2) is 0 Å². The lowest BCUT2D eigenvalue weighted by atomic mass is 10.2. The second-order valence-electron chi connectivity index (χ2n) is 3.67. The summed E-state index contributed by atoms with van der Waals surface area (Å²) in [7, 11) is 1.66. The van der Waals surface area contributed by atoms with Gasteiger partial charge < -0.3 is 19.9 Å². The lowest BCUT2D eigenvalue weighted by molar-refractivity contribution is 0.0806. The van der Waals surface area contributed by atoms with E-state index in [4.69, 9.17) is 25.2 Å². The molecule has 0 atom stereocenters. The quantitative estimate of drug-likeness (QED) is 0.559. The third kappa shape index (κ3) is 5.04. The Kier molecular flexibility index (Phi) is 6.62. The predicted molar refractivity (Wildman–Crippen MR) is 68.4 cm³/mol. The summed E-state index contributed by atoms with van der Waals surface area (Å²) >= 11 is 0. The summed E-state index contributed by atoms with van der Waals surface area (Å²) in [5.41, 5.74) is 6.49. The molecule has 0 unspecified atom stereocenters. The molecule has 2 N–H and O–H groups in total. The zero-order valence-corrected chi connectivity index (χ0v) is 10.5. The van der Waals surface area contributed by atoms with Crippen molar-refractivity contribution in [2.24, 2.45) is 0 Å². The normalized spacial score (nSPS) is 10.0. The maximum absolute atomic E-state index is 8.81. The van der Waals surface area contributed by atoms with Crippen LogP contribution in [0.1, 0.15) is 12.0 Å². The Balaban J connectivity index is 2.22. The van der Waals surface area contributed by atoms with Crippen LogP contribution in [0.4, 0.5) is 5.69 Å². The van der Waals surface area contributed by atoms with Crippen LogP contribution in [0, 0.1) is 11.3 Å². The Labute approximate surface area is 107 Å². The zero-order chi connectivity index (χ0) is 13.2. The van der Waals surface area contributed by atoms with Crippen molar-refractivity contribution in [2.75, 3.05) is 39.3 Å². The van der Waals surface area contributed by atoms with E-state index >= 15 is 0 Å². The number of nitrogens with zero attached hydrogens (tertiary/aromatic N) is 1. The minimum Gasteiger partial charge on any atom is -0.491 e. The standard InChI is InChI=1S/C13H18N2O3/c1-16-5-2-6-17-7-8-18-12-3-4-13(15)11(9-12)10-14/h3-4,9H,2,5-8,15H2,1H3. The van der Waals surface area contributed by atoms with Crippen LogP contribution in [0.3, 0.4) is 0 Å². The van der Waals surface area contributed by atoms with E-state index < -0.39 is 0 Å². The number of nitrogen functional groups attached to an aromatic ring is 1. The maximum atomic E-state index is 8.81. The molecule has 5 heteroatoms. The highest BCUT2D eigenvalue weighted by Crippen LogP contribution is 2.18. The van der Waals surface area contributed by atoms with Gasteiger partial charge in [-0.05, 0) is 24.6 Å². The van der Waals surface area contributed by atoms with Gasteiger partial charge in [0.25, 0.3) is 0 Å². The van der Waals surface area contributed by atoms with Crippen molar-refractivity contribution in [3.63, 3.8) is 0 Å². The molecule has 1 rings (SSSR count). The number of rotatable bonds is 8. The van der Waals surface area contributed by atoms with Crippen LogP contribution in [0.15, 0.2) is 18.2 Å². The van der Waals surface area contributed by atoms with Gasteiger partial charge in [0.15, 0.2) is 0 Å².